The lowest BCUT2D eigenvalue weighted by molar-refractivity contribution is -0.386. The zero-order chi connectivity index (χ0) is 17.0. The average molecular weight is 316 g/mol. The second-order valence-electron chi connectivity index (χ2n) is 5.04. The van der Waals surface area contributed by atoms with E-state index in [1.165, 1.54) is 13.8 Å². The molecule has 1 aromatic carbocycles. The van der Waals surface area contributed by atoms with Crippen LogP contribution in [0.5, 0.6) is 0 Å². The summed E-state index contributed by atoms with van der Waals surface area (Å²) < 4.78 is 6.26. The molecule has 1 aromatic heterocycles. The predicted octanol–water partition coefficient (Wildman–Crippen LogP) is 2.37. The zero-order valence-corrected chi connectivity index (χ0v) is 12.8. The van der Waals surface area contributed by atoms with Crippen LogP contribution in [0.15, 0.2) is 47.3 Å². The van der Waals surface area contributed by atoms with Gasteiger partial charge in [-0.2, -0.15) is 0 Å². The number of ether oxygens (including phenoxy) is 1. The minimum Gasteiger partial charge on any atom is -0.459 e. The molecule has 2 aromatic rings. The quantitative estimate of drug-likeness (QED) is 0.480. The summed E-state index contributed by atoms with van der Waals surface area (Å²) in [6.07, 6.45) is 0. The standard InChI is InChI=1S/C16H16N2O5/c1-11-14(18(21)22)8-9-15(19)17(11)12(2)16(20)23-10-13-6-4-3-5-7-13/h3-9,12H,10H2,1-2H3. The van der Waals surface area contributed by atoms with Gasteiger partial charge < -0.3 is 4.74 Å². The van der Waals surface area contributed by atoms with Crippen LogP contribution >= 0.6 is 0 Å². The lowest BCUT2D eigenvalue weighted by Gasteiger charge is -2.16. The highest BCUT2D eigenvalue weighted by Crippen LogP contribution is 2.19. The summed E-state index contributed by atoms with van der Waals surface area (Å²) in [5.74, 6) is -0.625. The first-order chi connectivity index (χ1) is 10.9. The monoisotopic (exact) mass is 316 g/mol. The van der Waals surface area contributed by atoms with Crippen molar-refractivity contribution >= 4 is 11.7 Å². The molecule has 120 valence electrons. The van der Waals surface area contributed by atoms with E-state index < -0.39 is 22.5 Å². The fourth-order valence-corrected chi connectivity index (χ4v) is 2.27. The van der Waals surface area contributed by atoms with Gasteiger partial charge in [0.2, 0.25) is 0 Å². The molecule has 0 fully saturated rings. The van der Waals surface area contributed by atoms with Crippen molar-refractivity contribution in [3.8, 4) is 0 Å². The first-order valence-electron chi connectivity index (χ1n) is 6.99. The molecule has 1 unspecified atom stereocenters. The van der Waals surface area contributed by atoms with Crippen molar-refractivity contribution in [2.45, 2.75) is 26.5 Å². The summed E-state index contributed by atoms with van der Waals surface area (Å²) in [6, 6.07) is 10.4. The molecular formula is C16H16N2O5. The van der Waals surface area contributed by atoms with E-state index in [9.17, 15) is 19.7 Å². The van der Waals surface area contributed by atoms with Gasteiger partial charge in [0.25, 0.3) is 11.2 Å². The summed E-state index contributed by atoms with van der Waals surface area (Å²) in [5.41, 5.74) is 0.229. The smallest absolute Gasteiger partial charge is 0.329 e. The third kappa shape index (κ3) is 3.63. The predicted molar refractivity (Wildman–Crippen MR) is 83.0 cm³/mol. The molecule has 1 atom stereocenters. The van der Waals surface area contributed by atoms with Gasteiger partial charge in [0.1, 0.15) is 12.6 Å². The average Bonchev–Trinajstić information content (AvgIpc) is 2.53. The van der Waals surface area contributed by atoms with Crippen LogP contribution in [0, 0.1) is 17.0 Å². The van der Waals surface area contributed by atoms with E-state index >= 15 is 0 Å². The number of nitrogens with zero attached hydrogens (tertiary/aromatic N) is 2. The van der Waals surface area contributed by atoms with Crippen molar-refractivity contribution < 1.29 is 14.5 Å². The van der Waals surface area contributed by atoms with Crippen LogP contribution in [0.4, 0.5) is 5.69 Å². The highest BCUT2D eigenvalue weighted by molar-refractivity contribution is 5.74. The third-order valence-corrected chi connectivity index (χ3v) is 3.50. The molecule has 0 aliphatic heterocycles. The normalized spacial score (nSPS) is 11.7. The van der Waals surface area contributed by atoms with Crippen LogP contribution < -0.4 is 5.56 Å². The molecule has 0 spiro atoms. The van der Waals surface area contributed by atoms with Crippen LogP contribution in [-0.4, -0.2) is 15.5 Å². The van der Waals surface area contributed by atoms with E-state index in [1.54, 1.807) is 0 Å². The molecule has 7 heteroatoms. The minimum atomic E-state index is -0.953. The SMILES string of the molecule is Cc1c([N+](=O)[O-])ccc(=O)n1C(C)C(=O)OCc1ccccc1. The Morgan fingerprint density at radius 1 is 1.26 bits per heavy atom. The molecule has 0 aliphatic carbocycles. The van der Waals surface area contributed by atoms with Crippen molar-refractivity contribution in [3.63, 3.8) is 0 Å². The van der Waals surface area contributed by atoms with E-state index in [0.29, 0.717) is 0 Å². The maximum absolute atomic E-state index is 12.2. The maximum atomic E-state index is 12.2. The molecule has 7 nitrogen and oxygen atoms in total. The van der Waals surface area contributed by atoms with Crippen molar-refractivity contribution in [3.05, 3.63) is 74.2 Å². The Morgan fingerprint density at radius 3 is 2.52 bits per heavy atom. The molecule has 1 heterocycles. The molecular weight excluding hydrogens is 300 g/mol. The van der Waals surface area contributed by atoms with Crippen molar-refractivity contribution in [1.29, 1.82) is 0 Å². The number of aromatic nitrogens is 1. The van der Waals surface area contributed by atoms with Crippen molar-refractivity contribution in [1.82, 2.24) is 4.57 Å². The molecule has 0 N–H and O–H groups in total. The highest BCUT2D eigenvalue weighted by Gasteiger charge is 2.24. The van der Waals surface area contributed by atoms with Crippen LogP contribution in [0.25, 0.3) is 0 Å². The molecule has 0 amide bonds. The molecule has 0 saturated carbocycles. The topological polar surface area (TPSA) is 91.4 Å². The number of benzene rings is 1. The molecule has 0 bridgehead atoms. The Bertz CT molecular complexity index is 783. The van der Waals surface area contributed by atoms with Gasteiger partial charge in [-0.15, -0.1) is 0 Å². The highest BCUT2D eigenvalue weighted by atomic mass is 16.6. The van der Waals surface area contributed by atoms with E-state index in [0.717, 1.165) is 22.3 Å². The molecule has 0 saturated heterocycles. The van der Waals surface area contributed by atoms with Crippen molar-refractivity contribution in [2.24, 2.45) is 0 Å². The minimum absolute atomic E-state index is 0.0761. The van der Waals surface area contributed by atoms with Gasteiger partial charge >= 0.3 is 5.97 Å². The first kappa shape index (κ1) is 16.4. The number of nitro groups is 1. The number of hydrogen-bond donors (Lipinski definition) is 0. The lowest BCUT2D eigenvalue weighted by Crippen LogP contribution is -2.30. The van der Waals surface area contributed by atoms with Gasteiger partial charge in [0.05, 0.1) is 10.6 Å². The summed E-state index contributed by atoms with van der Waals surface area (Å²) in [7, 11) is 0. The number of esters is 1. The van der Waals surface area contributed by atoms with E-state index in [4.69, 9.17) is 4.74 Å². The first-order valence-corrected chi connectivity index (χ1v) is 6.99. The van der Waals surface area contributed by atoms with Crippen LogP contribution in [0.2, 0.25) is 0 Å². The number of hydrogen-bond acceptors (Lipinski definition) is 5. The fourth-order valence-electron chi connectivity index (χ4n) is 2.27. The van der Waals surface area contributed by atoms with Gasteiger partial charge in [0.15, 0.2) is 0 Å². The van der Waals surface area contributed by atoms with E-state index in [2.05, 4.69) is 0 Å². The summed E-state index contributed by atoms with van der Waals surface area (Å²) in [5, 5.41) is 11.0. The van der Waals surface area contributed by atoms with Gasteiger partial charge in [0, 0.05) is 12.1 Å². The van der Waals surface area contributed by atoms with E-state index in [1.807, 2.05) is 30.3 Å². The Labute approximate surface area is 132 Å². The zero-order valence-electron chi connectivity index (χ0n) is 12.8. The fraction of sp³-hybridized carbons (Fsp3) is 0.250. The summed E-state index contributed by atoms with van der Waals surface area (Å²) >= 11 is 0. The number of carbonyl (C=O) groups excluding carboxylic acids is 1. The van der Waals surface area contributed by atoms with Crippen LogP contribution in [0.3, 0.4) is 0 Å². The second kappa shape index (κ2) is 6.87. The Kier molecular flexibility index (Phi) is 4.90. The van der Waals surface area contributed by atoms with Gasteiger partial charge in [-0.1, -0.05) is 30.3 Å². The second-order valence-corrected chi connectivity index (χ2v) is 5.04. The molecule has 23 heavy (non-hydrogen) atoms. The summed E-state index contributed by atoms with van der Waals surface area (Å²) in [6.45, 7) is 2.98. The summed E-state index contributed by atoms with van der Waals surface area (Å²) in [4.78, 5) is 34.5. The lowest BCUT2D eigenvalue weighted by atomic mass is 10.2. The van der Waals surface area contributed by atoms with Gasteiger partial charge in [-0.05, 0) is 19.4 Å². The largest absolute Gasteiger partial charge is 0.459 e. The number of carbonyl (C=O) groups is 1. The molecule has 0 aliphatic rings. The Balaban J connectivity index is 2.21. The van der Waals surface area contributed by atoms with Gasteiger partial charge in [-0.3, -0.25) is 19.5 Å². The molecule has 2 rings (SSSR count). The van der Waals surface area contributed by atoms with Gasteiger partial charge in [-0.25, -0.2) is 4.79 Å². The number of rotatable bonds is 5. The molecule has 0 radical (unpaired) electrons. The third-order valence-electron chi connectivity index (χ3n) is 3.50. The van der Waals surface area contributed by atoms with Crippen molar-refractivity contribution in [2.75, 3.05) is 0 Å². The Hall–Kier alpha value is -2.96. The van der Waals surface area contributed by atoms with Crippen LogP contribution in [-0.2, 0) is 16.1 Å². The maximum Gasteiger partial charge on any atom is 0.329 e. The van der Waals surface area contributed by atoms with Crippen LogP contribution in [0.1, 0.15) is 24.2 Å². The van der Waals surface area contributed by atoms with E-state index in [-0.39, 0.29) is 18.0 Å². The number of pyridine rings is 1. The Morgan fingerprint density at radius 2 is 1.91 bits per heavy atom.